The zero-order chi connectivity index (χ0) is 24.6. The Bertz CT molecular complexity index is 1320. The number of halogens is 1. The van der Waals surface area contributed by atoms with E-state index in [0.717, 1.165) is 5.69 Å². The van der Waals surface area contributed by atoms with Crippen molar-refractivity contribution < 1.29 is 19.6 Å². The number of nitrogens with zero attached hydrogens (tertiary/aromatic N) is 3. The van der Waals surface area contributed by atoms with Gasteiger partial charge in [-0.1, -0.05) is 23.7 Å². The summed E-state index contributed by atoms with van der Waals surface area (Å²) in [4.78, 5) is 40.3. The molecule has 8 nitrogen and oxygen atoms in total. The van der Waals surface area contributed by atoms with Gasteiger partial charge in [0.15, 0.2) is 0 Å². The highest BCUT2D eigenvalue weighted by Gasteiger charge is 2.47. The maximum atomic E-state index is 13.2. The van der Waals surface area contributed by atoms with Gasteiger partial charge in [0.2, 0.25) is 0 Å². The summed E-state index contributed by atoms with van der Waals surface area (Å²) in [7, 11) is 3.74. The molecule has 0 bridgehead atoms. The fraction of sp³-hybridized carbons (Fsp3) is 0.120. The van der Waals surface area contributed by atoms with Crippen LogP contribution in [0.5, 0.6) is 0 Å². The van der Waals surface area contributed by atoms with E-state index >= 15 is 0 Å². The number of rotatable bonds is 5. The molecule has 0 aromatic heterocycles. The fourth-order valence-corrected chi connectivity index (χ4v) is 4.02. The first-order valence-corrected chi connectivity index (χ1v) is 10.7. The molecule has 4 rings (SSSR count). The van der Waals surface area contributed by atoms with Gasteiger partial charge in [0.1, 0.15) is 5.76 Å². The monoisotopic (exact) mass is 477 g/mol. The Morgan fingerprint density at radius 3 is 2.26 bits per heavy atom. The highest BCUT2D eigenvalue weighted by atomic mass is 35.5. The van der Waals surface area contributed by atoms with Crippen molar-refractivity contribution in [2.24, 2.45) is 0 Å². The van der Waals surface area contributed by atoms with E-state index in [4.69, 9.17) is 11.6 Å². The van der Waals surface area contributed by atoms with Crippen LogP contribution in [0.3, 0.4) is 0 Å². The van der Waals surface area contributed by atoms with Crippen molar-refractivity contribution in [3.05, 3.63) is 105 Å². The van der Waals surface area contributed by atoms with Gasteiger partial charge in [-0.15, -0.1) is 0 Å². The molecule has 1 aliphatic heterocycles. The predicted molar refractivity (Wildman–Crippen MR) is 130 cm³/mol. The average Bonchev–Trinajstić information content (AvgIpc) is 3.09. The lowest BCUT2D eigenvalue weighted by Crippen LogP contribution is -2.29. The van der Waals surface area contributed by atoms with Crippen molar-refractivity contribution in [3.63, 3.8) is 0 Å². The minimum Gasteiger partial charge on any atom is -0.507 e. The Balaban J connectivity index is 1.93. The molecule has 1 fully saturated rings. The minimum absolute atomic E-state index is 0.162. The van der Waals surface area contributed by atoms with E-state index in [0.29, 0.717) is 21.8 Å². The first kappa shape index (κ1) is 23.0. The number of aliphatic hydroxyl groups excluding tert-OH is 1. The summed E-state index contributed by atoms with van der Waals surface area (Å²) < 4.78 is 0. The molecule has 1 atom stereocenters. The second-order valence-electron chi connectivity index (χ2n) is 7.94. The summed E-state index contributed by atoms with van der Waals surface area (Å²) in [6.07, 6.45) is 0. The molecule has 34 heavy (non-hydrogen) atoms. The van der Waals surface area contributed by atoms with E-state index in [2.05, 4.69) is 0 Å². The lowest BCUT2D eigenvalue weighted by Gasteiger charge is -2.26. The number of hydrogen-bond donors (Lipinski definition) is 1. The van der Waals surface area contributed by atoms with Crippen LogP contribution in [0.4, 0.5) is 17.1 Å². The van der Waals surface area contributed by atoms with Crippen molar-refractivity contribution >= 4 is 46.1 Å². The molecule has 1 N–H and O–H groups in total. The fourth-order valence-electron chi connectivity index (χ4n) is 3.90. The smallest absolute Gasteiger partial charge is 0.300 e. The number of carbonyl (C=O) groups excluding carboxylic acids is 2. The molecular weight excluding hydrogens is 458 g/mol. The molecule has 0 saturated carbocycles. The summed E-state index contributed by atoms with van der Waals surface area (Å²) in [6, 6.07) is 17.7. The van der Waals surface area contributed by atoms with Gasteiger partial charge in [-0.3, -0.25) is 24.6 Å². The molecule has 172 valence electrons. The topological polar surface area (TPSA) is 104 Å². The second-order valence-corrected chi connectivity index (χ2v) is 8.38. The van der Waals surface area contributed by atoms with Gasteiger partial charge in [0.05, 0.1) is 16.5 Å². The molecule has 3 aromatic rings. The predicted octanol–water partition coefficient (Wildman–Crippen LogP) is 4.94. The third kappa shape index (κ3) is 4.11. The number of benzene rings is 3. The largest absolute Gasteiger partial charge is 0.507 e. The number of amides is 1. The molecule has 0 aliphatic carbocycles. The van der Waals surface area contributed by atoms with Gasteiger partial charge in [0.25, 0.3) is 17.4 Å². The SMILES string of the molecule is CN(C)c1ccc(N2C(=O)C(=O)C(=C(O)c3ccc(Cl)cc3)[C@H]2c2cccc([N+](=O)[O-])c2)cc1. The lowest BCUT2D eigenvalue weighted by atomic mass is 9.95. The molecule has 0 unspecified atom stereocenters. The summed E-state index contributed by atoms with van der Waals surface area (Å²) in [5, 5.41) is 22.9. The van der Waals surface area contributed by atoms with Crippen molar-refractivity contribution in [3.8, 4) is 0 Å². The number of nitro groups is 1. The Morgan fingerprint density at radius 2 is 1.68 bits per heavy atom. The quantitative estimate of drug-likeness (QED) is 0.183. The lowest BCUT2D eigenvalue weighted by molar-refractivity contribution is -0.384. The number of non-ortho nitro benzene ring substituents is 1. The molecule has 0 radical (unpaired) electrons. The Kier molecular flexibility index (Phi) is 6.08. The van der Waals surface area contributed by atoms with Crippen molar-refractivity contribution in [2.75, 3.05) is 23.9 Å². The minimum atomic E-state index is -1.07. The van der Waals surface area contributed by atoms with E-state index in [1.807, 2.05) is 19.0 Å². The number of aliphatic hydroxyl groups is 1. The van der Waals surface area contributed by atoms with Crippen LogP contribution in [-0.2, 0) is 9.59 Å². The average molecular weight is 478 g/mol. The molecule has 0 spiro atoms. The zero-order valence-corrected chi connectivity index (χ0v) is 19.1. The van der Waals surface area contributed by atoms with Gasteiger partial charge in [-0.05, 0) is 54.1 Å². The van der Waals surface area contributed by atoms with Crippen LogP contribution in [-0.4, -0.2) is 35.8 Å². The normalized spacial score (nSPS) is 17.1. The second kappa shape index (κ2) is 8.99. The molecular formula is C25H20ClN3O5. The Morgan fingerprint density at radius 1 is 1.03 bits per heavy atom. The van der Waals surface area contributed by atoms with Gasteiger partial charge in [-0.2, -0.15) is 0 Å². The Labute approximate surface area is 200 Å². The van der Waals surface area contributed by atoms with Crippen LogP contribution in [0.15, 0.2) is 78.4 Å². The summed E-state index contributed by atoms with van der Waals surface area (Å²) >= 11 is 5.94. The summed E-state index contributed by atoms with van der Waals surface area (Å²) in [6.45, 7) is 0. The third-order valence-corrected chi connectivity index (χ3v) is 5.86. The summed E-state index contributed by atoms with van der Waals surface area (Å²) in [5.74, 6) is -2.12. The number of ketones is 1. The number of hydrogen-bond acceptors (Lipinski definition) is 6. The highest BCUT2D eigenvalue weighted by Crippen LogP contribution is 2.43. The van der Waals surface area contributed by atoms with Crippen LogP contribution in [0.1, 0.15) is 17.2 Å². The van der Waals surface area contributed by atoms with E-state index in [9.17, 15) is 24.8 Å². The third-order valence-electron chi connectivity index (χ3n) is 5.60. The molecule has 1 aliphatic rings. The van der Waals surface area contributed by atoms with Crippen LogP contribution >= 0.6 is 11.6 Å². The maximum Gasteiger partial charge on any atom is 0.300 e. The Hall–Kier alpha value is -4.17. The first-order chi connectivity index (χ1) is 16.2. The van der Waals surface area contributed by atoms with Gasteiger partial charge in [-0.25, -0.2) is 0 Å². The number of carbonyl (C=O) groups is 2. The van der Waals surface area contributed by atoms with Gasteiger partial charge in [0, 0.05) is 48.2 Å². The number of anilines is 2. The molecule has 1 amide bonds. The van der Waals surface area contributed by atoms with E-state index in [1.165, 1.54) is 35.2 Å². The number of Topliss-reactive ketones (excluding diaryl/α,β-unsaturated/α-hetero) is 1. The van der Waals surface area contributed by atoms with Crippen molar-refractivity contribution in [1.29, 1.82) is 0 Å². The standard InChI is InChI=1S/C25H20ClN3O5/c1-27(2)18-10-12-19(13-11-18)28-22(16-4-3-5-20(14-16)29(33)34)21(24(31)25(28)32)23(30)15-6-8-17(26)9-7-15/h3-14,22,30H,1-2H3/t22-/m1/s1. The first-order valence-electron chi connectivity index (χ1n) is 10.3. The highest BCUT2D eigenvalue weighted by molar-refractivity contribution is 6.51. The van der Waals surface area contributed by atoms with Crippen molar-refractivity contribution in [1.82, 2.24) is 0 Å². The zero-order valence-electron chi connectivity index (χ0n) is 18.3. The van der Waals surface area contributed by atoms with Crippen molar-refractivity contribution in [2.45, 2.75) is 6.04 Å². The van der Waals surface area contributed by atoms with Gasteiger partial charge >= 0.3 is 0 Å². The van der Waals surface area contributed by atoms with Crippen LogP contribution < -0.4 is 9.80 Å². The number of nitro benzene ring substituents is 1. The van der Waals surface area contributed by atoms with E-state index in [-0.39, 0.29) is 17.0 Å². The molecule has 1 heterocycles. The molecule has 3 aromatic carbocycles. The van der Waals surface area contributed by atoms with E-state index < -0.39 is 22.7 Å². The van der Waals surface area contributed by atoms with Crippen LogP contribution in [0, 0.1) is 10.1 Å². The molecule has 9 heteroatoms. The van der Waals surface area contributed by atoms with Gasteiger partial charge < -0.3 is 10.0 Å². The van der Waals surface area contributed by atoms with Crippen LogP contribution in [0.2, 0.25) is 5.02 Å². The van der Waals surface area contributed by atoms with Crippen LogP contribution in [0.25, 0.3) is 5.76 Å². The van der Waals surface area contributed by atoms with E-state index in [1.54, 1.807) is 42.5 Å². The molecule has 1 saturated heterocycles. The maximum absolute atomic E-state index is 13.2. The summed E-state index contributed by atoms with van der Waals surface area (Å²) in [5.41, 5.74) is 1.55.